The second kappa shape index (κ2) is 9.69. The minimum Gasteiger partial charge on any atom is -0.395 e. The number of aliphatic hydroxyl groups is 1. The number of hydrogen-bond acceptors (Lipinski definition) is 7. The summed E-state index contributed by atoms with van der Waals surface area (Å²) in [5.74, 6) is 1.87. The Morgan fingerprint density at radius 3 is 2.48 bits per heavy atom. The molecule has 2 fully saturated rings. The van der Waals surface area contributed by atoms with Crippen LogP contribution >= 0.6 is 0 Å². The Hall–Kier alpha value is -1.93. The average molecular weight is 431 g/mol. The van der Waals surface area contributed by atoms with Crippen molar-refractivity contribution < 1.29 is 9.90 Å². The van der Waals surface area contributed by atoms with Gasteiger partial charge in [-0.05, 0) is 39.0 Å². The van der Waals surface area contributed by atoms with Gasteiger partial charge in [-0.2, -0.15) is 4.98 Å². The highest BCUT2D eigenvalue weighted by Crippen LogP contribution is 2.40. The maximum absolute atomic E-state index is 13.1. The molecule has 8 nitrogen and oxygen atoms in total. The SMILES string of the molecule is CC[C@@H]1C(=O)N(C)c2cnc(N(CC)C3CCN(CCO)CC3)nc2N1C1CCCC1. The third-order valence-corrected chi connectivity index (χ3v) is 7.41. The van der Waals surface area contributed by atoms with E-state index in [1.807, 2.05) is 13.2 Å². The van der Waals surface area contributed by atoms with Crippen LogP contribution in [0.15, 0.2) is 6.20 Å². The van der Waals surface area contributed by atoms with Crippen molar-refractivity contribution in [2.75, 3.05) is 54.5 Å². The second-order valence-electron chi connectivity index (χ2n) is 9.13. The van der Waals surface area contributed by atoms with Crippen LogP contribution in [0.2, 0.25) is 0 Å². The molecule has 1 atom stereocenters. The van der Waals surface area contributed by atoms with Gasteiger partial charge in [-0.25, -0.2) is 4.98 Å². The fraction of sp³-hybridized carbons (Fsp3) is 0.783. The Balaban J connectivity index is 1.64. The van der Waals surface area contributed by atoms with Crippen molar-refractivity contribution in [1.82, 2.24) is 14.9 Å². The Bertz CT molecular complexity index is 760. The number of nitrogens with zero attached hydrogens (tertiary/aromatic N) is 6. The molecular formula is C23H38N6O2. The number of hydrogen-bond donors (Lipinski definition) is 1. The van der Waals surface area contributed by atoms with Crippen molar-refractivity contribution in [3.8, 4) is 0 Å². The number of carbonyl (C=O) groups is 1. The molecule has 1 N–H and O–H groups in total. The summed E-state index contributed by atoms with van der Waals surface area (Å²) in [6, 6.07) is 0.656. The molecule has 2 aliphatic heterocycles. The Labute approximate surface area is 186 Å². The predicted molar refractivity (Wildman–Crippen MR) is 124 cm³/mol. The molecule has 0 unspecified atom stereocenters. The molecule has 0 aromatic carbocycles. The van der Waals surface area contributed by atoms with Gasteiger partial charge in [0.2, 0.25) is 11.9 Å². The summed E-state index contributed by atoms with van der Waals surface area (Å²) in [6.07, 6.45) is 9.46. The zero-order valence-electron chi connectivity index (χ0n) is 19.3. The van der Waals surface area contributed by atoms with E-state index in [0.717, 1.165) is 75.7 Å². The molecule has 3 aliphatic rings. The molecule has 1 amide bonds. The van der Waals surface area contributed by atoms with E-state index >= 15 is 0 Å². The molecule has 1 saturated heterocycles. The summed E-state index contributed by atoms with van der Waals surface area (Å²) >= 11 is 0. The van der Waals surface area contributed by atoms with Gasteiger partial charge in [0.15, 0.2) is 5.82 Å². The average Bonchev–Trinajstić information content (AvgIpc) is 3.32. The van der Waals surface area contributed by atoms with Gasteiger partial charge in [-0.15, -0.1) is 0 Å². The molecular weight excluding hydrogens is 392 g/mol. The van der Waals surface area contributed by atoms with Crippen LogP contribution in [0.4, 0.5) is 17.5 Å². The van der Waals surface area contributed by atoms with Crippen molar-refractivity contribution in [3.05, 3.63) is 6.20 Å². The van der Waals surface area contributed by atoms with Gasteiger partial charge in [0.1, 0.15) is 11.7 Å². The normalized spacial score (nSPS) is 23.5. The van der Waals surface area contributed by atoms with E-state index in [0.29, 0.717) is 12.1 Å². The fourth-order valence-corrected chi connectivity index (χ4v) is 5.67. The molecule has 0 radical (unpaired) electrons. The Morgan fingerprint density at radius 2 is 1.87 bits per heavy atom. The molecule has 1 aliphatic carbocycles. The lowest BCUT2D eigenvalue weighted by Gasteiger charge is -2.44. The predicted octanol–water partition coefficient (Wildman–Crippen LogP) is 2.26. The molecule has 4 rings (SSSR count). The van der Waals surface area contributed by atoms with Crippen LogP contribution in [0, 0.1) is 0 Å². The zero-order chi connectivity index (χ0) is 22.0. The minimum atomic E-state index is -0.139. The standard InChI is InChI=1S/C23H38N6O2/c1-4-19-22(31)26(3)20-16-24-23(25-21(20)29(19)18-8-6-7-9-18)28(5-2)17-10-12-27(13-11-17)14-15-30/h16-19,30H,4-15H2,1-3H3/t19-/m1/s1. The van der Waals surface area contributed by atoms with Crippen LogP contribution in [0.25, 0.3) is 0 Å². The summed E-state index contributed by atoms with van der Waals surface area (Å²) in [5, 5.41) is 9.22. The number of aromatic nitrogens is 2. The number of fused-ring (bicyclic) bond motifs is 1. The van der Waals surface area contributed by atoms with Gasteiger partial charge in [0, 0.05) is 45.3 Å². The van der Waals surface area contributed by atoms with Crippen LogP contribution in [0.1, 0.15) is 58.8 Å². The highest BCUT2D eigenvalue weighted by molar-refractivity contribution is 6.04. The number of likely N-dealkylation sites (tertiary alicyclic amines) is 1. The number of carbonyl (C=O) groups excluding carboxylic acids is 1. The lowest BCUT2D eigenvalue weighted by molar-refractivity contribution is -0.120. The van der Waals surface area contributed by atoms with Gasteiger partial charge < -0.3 is 24.7 Å². The topological polar surface area (TPSA) is 76.0 Å². The number of anilines is 3. The van der Waals surface area contributed by atoms with E-state index in [9.17, 15) is 9.90 Å². The zero-order valence-corrected chi connectivity index (χ0v) is 19.3. The first-order valence-corrected chi connectivity index (χ1v) is 12.1. The molecule has 172 valence electrons. The van der Waals surface area contributed by atoms with E-state index in [4.69, 9.17) is 9.97 Å². The largest absolute Gasteiger partial charge is 0.395 e. The van der Waals surface area contributed by atoms with E-state index in [1.165, 1.54) is 12.8 Å². The lowest BCUT2D eigenvalue weighted by Crippen LogP contribution is -2.55. The second-order valence-corrected chi connectivity index (χ2v) is 9.13. The number of likely N-dealkylation sites (N-methyl/N-ethyl adjacent to an activating group) is 1. The third kappa shape index (κ3) is 4.24. The van der Waals surface area contributed by atoms with Crippen molar-refractivity contribution >= 4 is 23.4 Å². The molecule has 1 aromatic heterocycles. The van der Waals surface area contributed by atoms with Gasteiger partial charge in [-0.1, -0.05) is 19.8 Å². The number of rotatable bonds is 7. The van der Waals surface area contributed by atoms with E-state index in [2.05, 4.69) is 28.5 Å². The summed E-state index contributed by atoms with van der Waals surface area (Å²) in [5.41, 5.74) is 0.833. The monoisotopic (exact) mass is 430 g/mol. The van der Waals surface area contributed by atoms with Gasteiger partial charge in [-0.3, -0.25) is 4.79 Å². The van der Waals surface area contributed by atoms with Crippen molar-refractivity contribution in [1.29, 1.82) is 0 Å². The van der Waals surface area contributed by atoms with E-state index in [1.54, 1.807) is 4.90 Å². The summed E-state index contributed by atoms with van der Waals surface area (Å²) in [7, 11) is 1.85. The first kappa shape index (κ1) is 22.3. The summed E-state index contributed by atoms with van der Waals surface area (Å²) < 4.78 is 0. The van der Waals surface area contributed by atoms with Crippen molar-refractivity contribution in [3.63, 3.8) is 0 Å². The molecule has 31 heavy (non-hydrogen) atoms. The molecule has 1 saturated carbocycles. The van der Waals surface area contributed by atoms with Gasteiger partial charge in [0.05, 0.1) is 12.8 Å². The minimum absolute atomic E-state index is 0.139. The molecule has 1 aromatic rings. The first-order valence-electron chi connectivity index (χ1n) is 12.1. The number of aliphatic hydroxyl groups excluding tert-OH is 1. The lowest BCUT2D eigenvalue weighted by atomic mass is 10.0. The highest BCUT2D eigenvalue weighted by atomic mass is 16.3. The van der Waals surface area contributed by atoms with Crippen LogP contribution in [0.5, 0.6) is 0 Å². The third-order valence-electron chi connectivity index (χ3n) is 7.41. The van der Waals surface area contributed by atoms with Crippen molar-refractivity contribution in [2.24, 2.45) is 0 Å². The molecule has 3 heterocycles. The highest BCUT2D eigenvalue weighted by Gasteiger charge is 2.41. The van der Waals surface area contributed by atoms with E-state index in [-0.39, 0.29) is 18.6 Å². The quantitative estimate of drug-likeness (QED) is 0.711. The Kier molecular flexibility index (Phi) is 6.96. The number of piperidine rings is 1. The smallest absolute Gasteiger partial charge is 0.249 e. The maximum Gasteiger partial charge on any atom is 0.249 e. The summed E-state index contributed by atoms with van der Waals surface area (Å²) in [4.78, 5) is 31.7. The van der Waals surface area contributed by atoms with Crippen LogP contribution in [0.3, 0.4) is 0 Å². The van der Waals surface area contributed by atoms with Crippen molar-refractivity contribution in [2.45, 2.75) is 76.9 Å². The molecule has 0 spiro atoms. The first-order chi connectivity index (χ1) is 15.1. The van der Waals surface area contributed by atoms with Gasteiger partial charge in [0.25, 0.3) is 0 Å². The van der Waals surface area contributed by atoms with Crippen LogP contribution in [-0.2, 0) is 4.79 Å². The van der Waals surface area contributed by atoms with Crippen LogP contribution < -0.4 is 14.7 Å². The summed E-state index contributed by atoms with van der Waals surface area (Å²) in [6.45, 7) is 8.10. The Morgan fingerprint density at radius 1 is 1.16 bits per heavy atom. The fourth-order valence-electron chi connectivity index (χ4n) is 5.67. The number of amides is 1. The number of β-amino-alcohol motifs (C(OH)–C–C–N with tert-alkyl or cyclic N) is 1. The van der Waals surface area contributed by atoms with E-state index < -0.39 is 0 Å². The maximum atomic E-state index is 13.1. The van der Waals surface area contributed by atoms with Crippen LogP contribution in [-0.4, -0.2) is 83.8 Å². The molecule has 8 heteroatoms. The molecule has 0 bridgehead atoms. The van der Waals surface area contributed by atoms with Gasteiger partial charge >= 0.3 is 0 Å².